The summed E-state index contributed by atoms with van der Waals surface area (Å²) in [7, 11) is 0. The van der Waals surface area contributed by atoms with Crippen molar-refractivity contribution in [3.8, 4) is 0 Å². The molecule has 6 heteroatoms. The van der Waals surface area contributed by atoms with Crippen LogP contribution in [-0.2, 0) is 15.3 Å². The van der Waals surface area contributed by atoms with E-state index in [1.54, 1.807) is 6.07 Å². The van der Waals surface area contributed by atoms with Gasteiger partial charge in [0.2, 0.25) is 5.91 Å². The van der Waals surface area contributed by atoms with Crippen molar-refractivity contribution in [2.24, 2.45) is 5.92 Å². The molecular formula is C15H20ClNO3S. The SMILES string of the molecule is CC(C)CC(NC(=O)CSCc1cccc(Cl)c1)C(=O)O. The maximum atomic E-state index is 11.8. The standard InChI is InChI=1S/C15H20ClNO3S/c1-10(2)6-13(15(19)20)17-14(18)9-21-8-11-4-3-5-12(16)7-11/h3-5,7,10,13H,6,8-9H2,1-2H3,(H,17,18)(H,19,20). The lowest BCUT2D eigenvalue weighted by atomic mass is 10.0. The average molecular weight is 330 g/mol. The zero-order valence-corrected chi connectivity index (χ0v) is 13.7. The van der Waals surface area contributed by atoms with E-state index in [1.165, 1.54) is 11.8 Å². The van der Waals surface area contributed by atoms with Gasteiger partial charge in [0.25, 0.3) is 0 Å². The van der Waals surface area contributed by atoms with Crippen LogP contribution in [0.4, 0.5) is 0 Å². The molecule has 4 nitrogen and oxygen atoms in total. The van der Waals surface area contributed by atoms with E-state index in [9.17, 15) is 9.59 Å². The fourth-order valence-corrected chi connectivity index (χ4v) is 2.82. The van der Waals surface area contributed by atoms with E-state index in [4.69, 9.17) is 16.7 Å². The zero-order chi connectivity index (χ0) is 15.8. The zero-order valence-electron chi connectivity index (χ0n) is 12.1. The molecule has 0 saturated heterocycles. The molecule has 0 bridgehead atoms. The maximum Gasteiger partial charge on any atom is 0.326 e. The molecule has 116 valence electrons. The molecule has 0 aliphatic rings. The molecule has 0 aliphatic heterocycles. The van der Waals surface area contributed by atoms with Crippen molar-refractivity contribution >= 4 is 35.2 Å². The first kappa shape index (κ1) is 17.9. The van der Waals surface area contributed by atoms with Gasteiger partial charge in [0.15, 0.2) is 0 Å². The number of benzene rings is 1. The van der Waals surface area contributed by atoms with E-state index in [2.05, 4.69) is 5.32 Å². The van der Waals surface area contributed by atoms with E-state index in [0.717, 1.165) is 5.56 Å². The topological polar surface area (TPSA) is 66.4 Å². The molecule has 0 spiro atoms. The van der Waals surface area contributed by atoms with Crippen LogP contribution in [0.15, 0.2) is 24.3 Å². The Hall–Kier alpha value is -1.20. The van der Waals surface area contributed by atoms with Crippen molar-refractivity contribution < 1.29 is 14.7 Å². The van der Waals surface area contributed by atoms with Gasteiger partial charge in [0.05, 0.1) is 5.75 Å². The molecule has 0 saturated carbocycles. The second-order valence-corrected chi connectivity index (χ2v) is 6.63. The van der Waals surface area contributed by atoms with Gasteiger partial charge in [-0.05, 0) is 30.0 Å². The Morgan fingerprint density at radius 3 is 2.67 bits per heavy atom. The quantitative estimate of drug-likeness (QED) is 0.768. The molecule has 1 amide bonds. The van der Waals surface area contributed by atoms with Crippen LogP contribution in [0.25, 0.3) is 0 Å². The lowest BCUT2D eigenvalue weighted by Crippen LogP contribution is -2.42. The number of thioether (sulfide) groups is 1. The first-order valence-corrected chi connectivity index (χ1v) is 8.26. The minimum absolute atomic E-state index is 0.213. The van der Waals surface area contributed by atoms with Crippen molar-refractivity contribution in [2.75, 3.05) is 5.75 Å². The number of carboxylic acid groups (broad SMARTS) is 1. The Morgan fingerprint density at radius 2 is 2.10 bits per heavy atom. The Kier molecular flexibility index (Phi) is 7.61. The number of aliphatic carboxylic acids is 1. The number of amides is 1. The van der Waals surface area contributed by atoms with Gasteiger partial charge in [-0.25, -0.2) is 4.79 Å². The summed E-state index contributed by atoms with van der Waals surface area (Å²) < 4.78 is 0. The highest BCUT2D eigenvalue weighted by molar-refractivity contribution is 7.99. The van der Waals surface area contributed by atoms with Gasteiger partial charge in [0.1, 0.15) is 6.04 Å². The van der Waals surface area contributed by atoms with Crippen molar-refractivity contribution in [2.45, 2.75) is 32.1 Å². The van der Waals surface area contributed by atoms with Gasteiger partial charge >= 0.3 is 5.97 Å². The second kappa shape index (κ2) is 8.95. The number of hydrogen-bond acceptors (Lipinski definition) is 3. The number of carboxylic acids is 1. The van der Waals surface area contributed by atoms with Crippen molar-refractivity contribution in [3.05, 3.63) is 34.9 Å². The highest BCUT2D eigenvalue weighted by Crippen LogP contribution is 2.16. The number of nitrogens with one attached hydrogen (secondary N) is 1. The monoisotopic (exact) mass is 329 g/mol. The number of hydrogen-bond donors (Lipinski definition) is 2. The molecule has 2 N–H and O–H groups in total. The first-order valence-electron chi connectivity index (χ1n) is 6.73. The summed E-state index contributed by atoms with van der Waals surface area (Å²) in [6.45, 7) is 3.85. The van der Waals surface area contributed by atoms with E-state index in [0.29, 0.717) is 17.2 Å². The maximum absolute atomic E-state index is 11.8. The number of halogens is 1. The molecule has 1 atom stereocenters. The van der Waals surface area contributed by atoms with Gasteiger partial charge in [-0.1, -0.05) is 37.6 Å². The van der Waals surface area contributed by atoms with Crippen LogP contribution >= 0.6 is 23.4 Å². The van der Waals surface area contributed by atoms with Crippen LogP contribution in [0.3, 0.4) is 0 Å². The summed E-state index contributed by atoms with van der Waals surface area (Å²) in [5, 5.41) is 12.3. The summed E-state index contributed by atoms with van der Waals surface area (Å²) in [6.07, 6.45) is 0.431. The molecule has 0 aliphatic carbocycles. The summed E-state index contributed by atoms with van der Waals surface area (Å²) in [5.41, 5.74) is 1.04. The minimum Gasteiger partial charge on any atom is -0.480 e. The minimum atomic E-state index is -0.989. The summed E-state index contributed by atoms with van der Waals surface area (Å²) in [6, 6.07) is 6.64. The molecule has 0 heterocycles. The van der Waals surface area contributed by atoms with Crippen LogP contribution in [0.2, 0.25) is 5.02 Å². The van der Waals surface area contributed by atoms with Crippen molar-refractivity contribution in [3.63, 3.8) is 0 Å². The molecule has 1 rings (SSSR count). The Morgan fingerprint density at radius 1 is 1.38 bits per heavy atom. The lowest BCUT2D eigenvalue weighted by Gasteiger charge is -2.16. The summed E-state index contributed by atoms with van der Waals surface area (Å²) >= 11 is 7.32. The van der Waals surface area contributed by atoms with Gasteiger partial charge in [-0.15, -0.1) is 11.8 Å². The molecule has 1 aromatic carbocycles. The van der Waals surface area contributed by atoms with Crippen LogP contribution in [0, 0.1) is 5.92 Å². The number of carbonyl (C=O) groups is 2. The highest BCUT2D eigenvalue weighted by Gasteiger charge is 2.20. The molecule has 1 unspecified atom stereocenters. The smallest absolute Gasteiger partial charge is 0.326 e. The van der Waals surface area contributed by atoms with E-state index in [1.807, 2.05) is 32.0 Å². The van der Waals surface area contributed by atoms with E-state index < -0.39 is 12.0 Å². The largest absolute Gasteiger partial charge is 0.480 e. The summed E-state index contributed by atoms with van der Waals surface area (Å²) in [5.74, 6) is -0.137. The first-order chi connectivity index (χ1) is 9.88. The molecular weight excluding hydrogens is 310 g/mol. The predicted molar refractivity (Wildman–Crippen MR) is 86.6 cm³/mol. The third-order valence-corrected chi connectivity index (χ3v) is 3.97. The third-order valence-electron chi connectivity index (χ3n) is 2.73. The number of carbonyl (C=O) groups excluding carboxylic acids is 1. The second-order valence-electron chi connectivity index (χ2n) is 5.21. The van der Waals surface area contributed by atoms with Gasteiger partial charge < -0.3 is 10.4 Å². The highest BCUT2D eigenvalue weighted by atomic mass is 35.5. The fraction of sp³-hybridized carbons (Fsp3) is 0.467. The predicted octanol–water partition coefficient (Wildman–Crippen LogP) is 3.19. The van der Waals surface area contributed by atoms with Crippen molar-refractivity contribution in [1.29, 1.82) is 0 Å². The molecule has 21 heavy (non-hydrogen) atoms. The van der Waals surface area contributed by atoms with Gasteiger partial charge in [0, 0.05) is 10.8 Å². The van der Waals surface area contributed by atoms with Crippen LogP contribution in [0.5, 0.6) is 0 Å². The molecule has 1 aromatic rings. The lowest BCUT2D eigenvalue weighted by molar-refractivity contribution is -0.141. The van der Waals surface area contributed by atoms with E-state index >= 15 is 0 Å². The van der Waals surface area contributed by atoms with Crippen molar-refractivity contribution in [1.82, 2.24) is 5.32 Å². The Bertz CT molecular complexity index is 494. The van der Waals surface area contributed by atoms with Crippen LogP contribution < -0.4 is 5.32 Å². The Balaban J connectivity index is 2.37. The average Bonchev–Trinajstić information content (AvgIpc) is 2.37. The van der Waals surface area contributed by atoms with Crippen LogP contribution in [-0.4, -0.2) is 28.8 Å². The molecule has 0 radical (unpaired) electrons. The van der Waals surface area contributed by atoms with Crippen LogP contribution in [0.1, 0.15) is 25.8 Å². The number of rotatable bonds is 8. The third kappa shape index (κ3) is 7.39. The van der Waals surface area contributed by atoms with E-state index in [-0.39, 0.29) is 17.6 Å². The molecule has 0 aromatic heterocycles. The fourth-order valence-electron chi connectivity index (χ4n) is 1.82. The normalized spacial score (nSPS) is 12.2. The molecule has 0 fully saturated rings. The summed E-state index contributed by atoms with van der Waals surface area (Å²) in [4.78, 5) is 22.8. The van der Waals surface area contributed by atoms with Gasteiger partial charge in [-0.3, -0.25) is 4.79 Å². The Labute approximate surface area is 134 Å². The van der Waals surface area contributed by atoms with Gasteiger partial charge in [-0.2, -0.15) is 0 Å².